The molecule has 0 fully saturated rings. The van der Waals surface area contributed by atoms with Gasteiger partial charge in [-0.1, -0.05) is 59.1 Å². The van der Waals surface area contributed by atoms with Crippen LogP contribution in [0.2, 0.25) is 0 Å². The highest BCUT2D eigenvalue weighted by Crippen LogP contribution is 2.34. The van der Waals surface area contributed by atoms with Gasteiger partial charge < -0.3 is 5.32 Å². The molecule has 0 saturated carbocycles. The molecule has 0 aromatic carbocycles. The first-order valence-corrected chi connectivity index (χ1v) is 10.8. The van der Waals surface area contributed by atoms with E-state index in [4.69, 9.17) is 4.98 Å². The maximum Gasteiger partial charge on any atom is 0.107 e. The number of aryl methyl sites for hydroxylation is 1. The number of allylic oxidation sites excluding steroid dienone is 4. The predicted molar refractivity (Wildman–Crippen MR) is 125 cm³/mol. The number of rotatable bonds is 4. The van der Waals surface area contributed by atoms with E-state index in [-0.39, 0.29) is 0 Å². The minimum absolute atomic E-state index is 0.862. The van der Waals surface area contributed by atoms with Crippen LogP contribution in [-0.2, 0) is 19.9 Å². The normalized spacial score (nSPS) is 13.1. The Hall–Kier alpha value is -1.98. The molecule has 152 valence electrons. The van der Waals surface area contributed by atoms with Crippen LogP contribution < -0.4 is 5.32 Å². The maximum absolute atomic E-state index is 4.70. The average molecular weight is 445 g/mol. The van der Waals surface area contributed by atoms with Gasteiger partial charge in [0, 0.05) is 43.0 Å². The first-order chi connectivity index (χ1) is 13.6. The van der Waals surface area contributed by atoms with Crippen molar-refractivity contribution in [2.24, 2.45) is 7.05 Å². The number of fused-ring (bicyclic) bond motifs is 1. The van der Waals surface area contributed by atoms with Crippen LogP contribution in [0.1, 0.15) is 44.6 Å². The number of hydrogen-bond acceptors (Lipinski definition) is 3. The molecule has 2 aromatic rings. The molecule has 1 aliphatic rings. The Labute approximate surface area is 178 Å². The fourth-order valence-corrected chi connectivity index (χ4v) is 3.57. The summed E-state index contributed by atoms with van der Waals surface area (Å²) in [5, 5.41) is 8.11. The molecule has 0 atom stereocenters. The van der Waals surface area contributed by atoms with Crippen molar-refractivity contribution in [1.29, 1.82) is 0 Å². The molecule has 0 spiro atoms. The van der Waals surface area contributed by atoms with Crippen molar-refractivity contribution in [1.82, 2.24) is 20.1 Å². The average Bonchev–Trinajstić information content (AvgIpc) is 2.95. The lowest BCUT2D eigenvalue weighted by molar-refractivity contribution is 0.708. The van der Waals surface area contributed by atoms with E-state index in [9.17, 15) is 0 Å². The fourth-order valence-electron chi connectivity index (χ4n) is 3.13. The summed E-state index contributed by atoms with van der Waals surface area (Å²) in [6, 6.07) is 2.10. The van der Waals surface area contributed by atoms with Crippen molar-refractivity contribution < 1.29 is 0 Å². The smallest absolute Gasteiger partial charge is 0.107 e. The molecule has 3 heterocycles. The van der Waals surface area contributed by atoms with E-state index in [1.165, 1.54) is 11.1 Å². The molecule has 1 aliphatic heterocycles. The predicted octanol–water partition coefficient (Wildman–Crippen LogP) is 5.74. The summed E-state index contributed by atoms with van der Waals surface area (Å²) in [6.07, 6.45) is 9.50. The van der Waals surface area contributed by atoms with Gasteiger partial charge in [0.1, 0.15) is 10.3 Å². The second-order valence-electron chi connectivity index (χ2n) is 5.79. The minimum atomic E-state index is 0.862. The molecule has 0 radical (unpaired) electrons. The largest absolute Gasteiger partial charge is 0.316 e. The van der Waals surface area contributed by atoms with Gasteiger partial charge in [-0.3, -0.25) is 4.68 Å². The van der Waals surface area contributed by atoms with Crippen LogP contribution in [0, 0.1) is 0 Å². The third-order valence-electron chi connectivity index (χ3n) is 4.18. The summed E-state index contributed by atoms with van der Waals surface area (Å²) in [4.78, 5) is 4.70. The summed E-state index contributed by atoms with van der Waals surface area (Å²) in [5.74, 6) is 0. The Morgan fingerprint density at radius 1 is 1.14 bits per heavy atom. The van der Waals surface area contributed by atoms with E-state index in [2.05, 4.69) is 51.8 Å². The van der Waals surface area contributed by atoms with Gasteiger partial charge in [0.15, 0.2) is 0 Å². The lowest BCUT2D eigenvalue weighted by atomic mass is 9.94. The first kappa shape index (κ1) is 24.1. The van der Waals surface area contributed by atoms with E-state index in [0.29, 0.717) is 0 Å². The number of nitrogens with zero attached hydrogens (tertiary/aromatic N) is 3. The zero-order chi connectivity index (χ0) is 21.1. The molecule has 5 heteroatoms. The van der Waals surface area contributed by atoms with Crippen LogP contribution in [-0.4, -0.2) is 27.9 Å². The minimum Gasteiger partial charge on any atom is -0.316 e. The molecule has 2 aromatic heterocycles. The molecule has 28 heavy (non-hydrogen) atoms. The fraction of sp³-hybridized carbons (Fsp3) is 0.391. The molecule has 0 saturated heterocycles. The van der Waals surface area contributed by atoms with E-state index >= 15 is 0 Å². The molecule has 1 N–H and O–H groups in total. The van der Waals surface area contributed by atoms with Gasteiger partial charge in [0.05, 0.1) is 0 Å². The lowest BCUT2D eigenvalue weighted by Gasteiger charge is -2.13. The Kier molecular flexibility index (Phi) is 10.7. The summed E-state index contributed by atoms with van der Waals surface area (Å²) >= 11 is 3.57. The van der Waals surface area contributed by atoms with Gasteiger partial charge in [0.2, 0.25) is 0 Å². The molecule has 0 amide bonds. The second kappa shape index (κ2) is 12.5. The van der Waals surface area contributed by atoms with Crippen LogP contribution in [0.3, 0.4) is 0 Å². The Morgan fingerprint density at radius 3 is 2.46 bits per heavy atom. The van der Waals surface area contributed by atoms with Crippen molar-refractivity contribution >= 4 is 21.5 Å². The van der Waals surface area contributed by atoms with Gasteiger partial charge in [-0.15, -0.1) is 0 Å². The standard InChI is InChI=1S/C19H21BrN4.2C2H6/c1-4-6-13(5-2)19-16(12-24(3)23-19)15-11-18(20)22-17-8-10-21-9-7-14(15)17;2*1-2/h4-6,11-12,21H,1-2,7-10H2,3H3;2*1-2H3/b13-6+;;. The molecular formula is C23H33BrN4. The number of aromatic nitrogens is 3. The van der Waals surface area contributed by atoms with Gasteiger partial charge in [-0.05, 0) is 46.1 Å². The lowest BCUT2D eigenvalue weighted by Crippen LogP contribution is -2.16. The third-order valence-corrected chi connectivity index (χ3v) is 4.58. The van der Waals surface area contributed by atoms with Crippen LogP contribution in [0.15, 0.2) is 48.3 Å². The highest BCUT2D eigenvalue weighted by Gasteiger charge is 2.20. The van der Waals surface area contributed by atoms with Crippen molar-refractivity contribution in [3.63, 3.8) is 0 Å². The van der Waals surface area contributed by atoms with Crippen molar-refractivity contribution in [2.75, 3.05) is 13.1 Å². The Morgan fingerprint density at radius 2 is 1.82 bits per heavy atom. The van der Waals surface area contributed by atoms with Crippen molar-refractivity contribution in [2.45, 2.75) is 40.5 Å². The molecule has 4 nitrogen and oxygen atoms in total. The SMILES string of the molecule is C=C/C=C(\C=C)c1nn(C)cc1-c1cc(Br)nc2c1CCNCC2.CC.CC. The topological polar surface area (TPSA) is 42.7 Å². The highest BCUT2D eigenvalue weighted by molar-refractivity contribution is 9.10. The summed E-state index contributed by atoms with van der Waals surface area (Å²) < 4.78 is 2.71. The van der Waals surface area contributed by atoms with Crippen LogP contribution in [0.25, 0.3) is 16.7 Å². The summed E-state index contributed by atoms with van der Waals surface area (Å²) in [5.41, 5.74) is 6.65. The zero-order valence-electron chi connectivity index (χ0n) is 17.8. The molecular weight excluding hydrogens is 412 g/mol. The Bertz CT molecular complexity index is 818. The number of pyridine rings is 1. The molecule has 0 bridgehead atoms. The molecule has 3 rings (SSSR count). The monoisotopic (exact) mass is 444 g/mol. The summed E-state index contributed by atoms with van der Waals surface area (Å²) in [6.45, 7) is 17.6. The van der Waals surface area contributed by atoms with Gasteiger partial charge in [-0.2, -0.15) is 5.10 Å². The number of halogens is 1. The summed E-state index contributed by atoms with van der Waals surface area (Å²) in [7, 11) is 1.94. The van der Waals surface area contributed by atoms with E-state index < -0.39 is 0 Å². The Balaban J connectivity index is 0.000000921. The number of nitrogens with one attached hydrogen (secondary N) is 1. The molecule has 0 aliphatic carbocycles. The quantitative estimate of drug-likeness (QED) is 0.482. The zero-order valence-corrected chi connectivity index (χ0v) is 19.4. The number of hydrogen-bond donors (Lipinski definition) is 1. The third kappa shape index (κ3) is 5.76. The van der Waals surface area contributed by atoms with Gasteiger partial charge in [0.25, 0.3) is 0 Å². The second-order valence-corrected chi connectivity index (χ2v) is 6.61. The van der Waals surface area contributed by atoms with E-state index in [1.54, 1.807) is 6.08 Å². The van der Waals surface area contributed by atoms with Crippen LogP contribution >= 0.6 is 15.9 Å². The molecule has 0 unspecified atom stereocenters. The maximum atomic E-state index is 4.70. The first-order valence-electron chi connectivity index (χ1n) is 10.0. The highest BCUT2D eigenvalue weighted by atomic mass is 79.9. The van der Waals surface area contributed by atoms with E-state index in [0.717, 1.165) is 53.1 Å². The van der Waals surface area contributed by atoms with Gasteiger partial charge >= 0.3 is 0 Å². The van der Waals surface area contributed by atoms with Crippen LogP contribution in [0.4, 0.5) is 0 Å². The van der Waals surface area contributed by atoms with Crippen molar-refractivity contribution in [3.8, 4) is 11.1 Å². The van der Waals surface area contributed by atoms with Gasteiger partial charge in [-0.25, -0.2) is 4.98 Å². The van der Waals surface area contributed by atoms with Crippen molar-refractivity contribution in [3.05, 3.63) is 65.2 Å². The van der Waals surface area contributed by atoms with Crippen LogP contribution in [0.5, 0.6) is 0 Å². The van der Waals surface area contributed by atoms with E-state index in [1.807, 2.05) is 51.6 Å².